The lowest BCUT2D eigenvalue weighted by Crippen LogP contribution is -2.26. The number of methoxy groups -OCH3 is 2. The summed E-state index contributed by atoms with van der Waals surface area (Å²) >= 11 is 1.43. The Bertz CT molecular complexity index is 1150. The number of Topliss-reactive ketones (excluding diaryl/α,β-unsaturated/α-hetero) is 1. The molecule has 0 bridgehead atoms. The lowest BCUT2D eigenvalue weighted by Gasteiger charge is -2.10. The number of nitrogens with zero attached hydrogens (tertiary/aromatic N) is 2. The summed E-state index contributed by atoms with van der Waals surface area (Å²) < 4.78 is 16.5. The van der Waals surface area contributed by atoms with Crippen LogP contribution in [0.15, 0.2) is 29.3 Å². The highest BCUT2D eigenvalue weighted by molar-refractivity contribution is 7.18. The van der Waals surface area contributed by atoms with Crippen LogP contribution in [0.3, 0.4) is 0 Å². The molecule has 1 aromatic carbocycles. The molecule has 9 heteroatoms. The molecule has 0 aliphatic rings. The van der Waals surface area contributed by atoms with E-state index in [0.717, 1.165) is 10.4 Å². The van der Waals surface area contributed by atoms with Crippen molar-refractivity contribution in [1.82, 2.24) is 9.55 Å². The minimum absolute atomic E-state index is 0.306. The average Bonchev–Trinajstić information content (AvgIpc) is 3.02. The van der Waals surface area contributed by atoms with E-state index in [9.17, 15) is 14.4 Å². The van der Waals surface area contributed by atoms with Gasteiger partial charge in [0.05, 0.1) is 25.9 Å². The van der Waals surface area contributed by atoms with E-state index in [-0.39, 0.29) is 12.1 Å². The molecule has 2 aromatic heterocycles. The molecular weight excluding hydrogens is 396 g/mol. The number of carbonyl (C=O) groups is 2. The smallest absolute Gasteiger partial charge is 0.326 e. The molecular formula is C20H20N2O6S. The van der Waals surface area contributed by atoms with E-state index in [2.05, 4.69) is 4.98 Å². The van der Waals surface area contributed by atoms with Crippen LogP contribution in [0.25, 0.3) is 10.2 Å². The Hall–Kier alpha value is -3.20. The number of rotatable bonds is 7. The molecule has 0 aliphatic heterocycles. The minimum Gasteiger partial charge on any atom is -0.493 e. The molecule has 0 amide bonds. The van der Waals surface area contributed by atoms with Gasteiger partial charge in [0.25, 0.3) is 5.56 Å². The van der Waals surface area contributed by atoms with Crippen molar-refractivity contribution in [2.24, 2.45) is 0 Å². The van der Waals surface area contributed by atoms with Crippen molar-refractivity contribution in [1.29, 1.82) is 0 Å². The maximum atomic E-state index is 12.6. The van der Waals surface area contributed by atoms with Crippen molar-refractivity contribution < 1.29 is 23.8 Å². The van der Waals surface area contributed by atoms with Gasteiger partial charge >= 0.3 is 5.97 Å². The highest BCUT2D eigenvalue weighted by atomic mass is 32.1. The molecule has 0 fully saturated rings. The summed E-state index contributed by atoms with van der Waals surface area (Å²) in [6.45, 7) is 2.99. The first-order valence-electron chi connectivity index (χ1n) is 8.71. The molecule has 0 N–H and O–H groups in total. The number of ketones is 1. The number of aromatic nitrogens is 2. The van der Waals surface area contributed by atoms with Crippen LogP contribution in [0.5, 0.6) is 11.5 Å². The van der Waals surface area contributed by atoms with Crippen molar-refractivity contribution in [2.75, 3.05) is 20.8 Å². The van der Waals surface area contributed by atoms with Gasteiger partial charge in [-0.3, -0.25) is 19.0 Å². The van der Waals surface area contributed by atoms with Crippen molar-refractivity contribution in [3.63, 3.8) is 0 Å². The zero-order valence-corrected chi connectivity index (χ0v) is 17.3. The molecule has 0 saturated heterocycles. The number of hydrogen-bond acceptors (Lipinski definition) is 8. The van der Waals surface area contributed by atoms with Gasteiger partial charge in [-0.05, 0) is 37.6 Å². The van der Waals surface area contributed by atoms with Crippen LogP contribution in [0.1, 0.15) is 20.8 Å². The van der Waals surface area contributed by atoms with Crippen molar-refractivity contribution >= 4 is 33.3 Å². The van der Waals surface area contributed by atoms with Crippen molar-refractivity contribution in [3.05, 3.63) is 50.9 Å². The normalized spacial score (nSPS) is 10.8. The summed E-state index contributed by atoms with van der Waals surface area (Å²) in [5.74, 6) is -0.212. The number of hydrogen-bond donors (Lipinski definition) is 0. The van der Waals surface area contributed by atoms with Crippen LogP contribution in [-0.2, 0) is 16.1 Å². The monoisotopic (exact) mass is 416 g/mol. The molecule has 0 aliphatic carbocycles. The molecule has 29 heavy (non-hydrogen) atoms. The van der Waals surface area contributed by atoms with E-state index in [4.69, 9.17) is 14.2 Å². The van der Waals surface area contributed by atoms with Gasteiger partial charge in [-0.2, -0.15) is 0 Å². The zero-order valence-electron chi connectivity index (χ0n) is 16.5. The number of esters is 1. The third-order valence-corrected chi connectivity index (χ3v) is 5.64. The molecule has 0 spiro atoms. The highest BCUT2D eigenvalue weighted by Gasteiger charge is 2.16. The van der Waals surface area contributed by atoms with Gasteiger partial charge in [0.2, 0.25) is 0 Å². The Kier molecular flexibility index (Phi) is 5.97. The van der Waals surface area contributed by atoms with Crippen LogP contribution >= 0.6 is 11.3 Å². The standard InChI is InChI=1S/C20H20N2O6S/c1-11-12(2)29-19-18(11)20(25)22(10-21-19)8-17(24)28-9-14(23)13-5-6-15(26-3)16(7-13)27-4/h5-7,10H,8-9H2,1-4H3. The Morgan fingerprint density at radius 1 is 1.14 bits per heavy atom. The Morgan fingerprint density at radius 3 is 2.55 bits per heavy atom. The summed E-state index contributed by atoms with van der Waals surface area (Å²) in [5, 5.41) is 0.504. The van der Waals surface area contributed by atoms with Crippen molar-refractivity contribution in [3.8, 4) is 11.5 Å². The summed E-state index contributed by atoms with van der Waals surface area (Å²) in [4.78, 5) is 42.9. The zero-order chi connectivity index (χ0) is 21.1. The van der Waals surface area contributed by atoms with Gasteiger partial charge in [-0.25, -0.2) is 4.98 Å². The van der Waals surface area contributed by atoms with E-state index in [0.29, 0.717) is 27.3 Å². The van der Waals surface area contributed by atoms with Crippen LogP contribution in [0.2, 0.25) is 0 Å². The summed E-state index contributed by atoms with van der Waals surface area (Å²) in [6, 6.07) is 4.67. The number of fused-ring (bicyclic) bond motifs is 1. The van der Waals surface area contributed by atoms with E-state index in [1.807, 2.05) is 13.8 Å². The van der Waals surface area contributed by atoms with Gasteiger partial charge in [-0.1, -0.05) is 0 Å². The van der Waals surface area contributed by atoms with Gasteiger partial charge < -0.3 is 14.2 Å². The molecule has 3 aromatic rings. The maximum Gasteiger partial charge on any atom is 0.326 e. The second-order valence-corrected chi connectivity index (χ2v) is 7.50. The fourth-order valence-corrected chi connectivity index (χ4v) is 3.79. The number of carbonyl (C=O) groups excluding carboxylic acids is 2. The number of ether oxygens (including phenoxy) is 3. The fraction of sp³-hybridized carbons (Fsp3) is 0.300. The van der Waals surface area contributed by atoms with Crippen LogP contribution in [0, 0.1) is 13.8 Å². The van der Waals surface area contributed by atoms with E-state index >= 15 is 0 Å². The van der Waals surface area contributed by atoms with E-state index in [1.165, 1.54) is 42.5 Å². The largest absolute Gasteiger partial charge is 0.493 e. The first kappa shape index (κ1) is 20.5. The second-order valence-electron chi connectivity index (χ2n) is 6.29. The first-order chi connectivity index (χ1) is 13.8. The first-order valence-corrected chi connectivity index (χ1v) is 9.53. The number of benzene rings is 1. The van der Waals surface area contributed by atoms with Gasteiger partial charge in [-0.15, -0.1) is 11.3 Å². The second kappa shape index (κ2) is 8.44. The molecule has 0 unspecified atom stereocenters. The Labute approximate surface area is 170 Å². The third kappa shape index (κ3) is 4.14. The Balaban J connectivity index is 1.68. The molecule has 2 heterocycles. The van der Waals surface area contributed by atoms with E-state index < -0.39 is 18.4 Å². The SMILES string of the molecule is COc1ccc(C(=O)COC(=O)Cn2cnc3sc(C)c(C)c3c2=O)cc1OC. The maximum absolute atomic E-state index is 12.6. The predicted octanol–water partition coefficient (Wildman–Crippen LogP) is 2.52. The minimum atomic E-state index is -0.702. The molecule has 3 rings (SSSR count). The Morgan fingerprint density at radius 2 is 1.86 bits per heavy atom. The summed E-state index contributed by atoms with van der Waals surface area (Å²) in [7, 11) is 2.96. The van der Waals surface area contributed by atoms with Crippen molar-refractivity contribution in [2.45, 2.75) is 20.4 Å². The molecule has 0 saturated carbocycles. The quantitative estimate of drug-likeness (QED) is 0.431. The van der Waals surface area contributed by atoms with Gasteiger partial charge in [0.1, 0.15) is 11.4 Å². The number of aryl methyl sites for hydroxylation is 2. The van der Waals surface area contributed by atoms with Crippen LogP contribution in [0.4, 0.5) is 0 Å². The van der Waals surface area contributed by atoms with Gasteiger partial charge in [0.15, 0.2) is 23.9 Å². The van der Waals surface area contributed by atoms with Crippen LogP contribution < -0.4 is 15.0 Å². The summed E-state index contributed by atoms with van der Waals surface area (Å²) in [5.41, 5.74) is 0.869. The summed E-state index contributed by atoms with van der Waals surface area (Å²) in [6.07, 6.45) is 1.32. The fourth-order valence-electron chi connectivity index (χ4n) is 2.81. The third-order valence-electron chi connectivity index (χ3n) is 4.53. The topological polar surface area (TPSA) is 96.7 Å². The lowest BCUT2D eigenvalue weighted by molar-refractivity contribution is -0.143. The number of thiophene rings is 1. The average molecular weight is 416 g/mol. The van der Waals surface area contributed by atoms with E-state index in [1.54, 1.807) is 12.1 Å². The van der Waals surface area contributed by atoms with Gasteiger partial charge in [0, 0.05) is 10.4 Å². The lowest BCUT2D eigenvalue weighted by atomic mass is 10.1. The van der Waals surface area contributed by atoms with Crippen LogP contribution in [-0.4, -0.2) is 42.1 Å². The molecule has 8 nitrogen and oxygen atoms in total. The predicted molar refractivity (Wildman–Crippen MR) is 108 cm³/mol. The molecule has 0 atom stereocenters. The highest BCUT2D eigenvalue weighted by Crippen LogP contribution is 2.28. The molecule has 0 radical (unpaired) electrons. The molecule has 152 valence electrons.